The number of rotatable bonds is 6. The predicted molar refractivity (Wildman–Crippen MR) is 66.0 cm³/mol. The number of hydrogen-bond acceptors (Lipinski definition) is 2. The second kappa shape index (κ2) is 6.26. The lowest BCUT2D eigenvalue weighted by molar-refractivity contribution is -0.128. The maximum atomic E-state index is 12.1. The van der Waals surface area contributed by atoms with Crippen molar-refractivity contribution in [1.29, 1.82) is 0 Å². The molecule has 0 spiro atoms. The van der Waals surface area contributed by atoms with Crippen LogP contribution < -0.4 is 5.32 Å². The zero-order valence-corrected chi connectivity index (χ0v) is 11.2. The molecular formula is C13H27NO. The third-order valence-corrected chi connectivity index (χ3v) is 2.44. The minimum atomic E-state index is -0.236. The number of carbonyl (C=O) groups excluding carboxylic acids is 1. The van der Waals surface area contributed by atoms with Gasteiger partial charge in [-0.2, -0.15) is 0 Å². The molecule has 0 fully saturated rings. The van der Waals surface area contributed by atoms with Crippen molar-refractivity contribution in [2.24, 2.45) is 5.41 Å². The van der Waals surface area contributed by atoms with Gasteiger partial charge in [-0.15, -0.1) is 0 Å². The second-order valence-corrected chi connectivity index (χ2v) is 5.63. The Hall–Kier alpha value is -0.370. The van der Waals surface area contributed by atoms with Crippen molar-refractivity contribution in [3.05, 3.63) is 0 Å². The Bertz CT molecular complexity index is 191. The molecule has 0 radical (unpaired) electrons. The Morgan fingerprint density at radius 3 is 2.13 bits per heavy atom. The normalized spacial score (nSPS) is 14.3. The van der Waals surface area contributed by atoms with Gasteiger partial charge < -0.3 is 5.32 Å². The molecule has 0 aromatic carbocycles. The first-order valence-corrected chi connectivity index (χ1v) is 6.09. The van der Waals surface area contributed by atoms with Crippen LogP contribution in [0.1, 0.15) is 60.8 Å². The van der Waals surface area contributed by atoms with Crippen molar-refractivity contribution in [3.63, 3.8) is 0 Å². The van der Waals surface area contributed by atoms with Gasteiger partial charge in [-0.3, -0.25) is 4.79 Å². The van der Waals surface area contributed by atoms with Crippen LogP contribution in [0.5, 0.6) is 0 Å². The van der Waals surface area contributed by atoms with Crippen LogP contribution in [0.3, 0.4) is 0 Å². The predicted octanol–water partition coefficient (Wildman–Crippen LogP) is 3.16. The molecule has 0 heterocycles. The van der Waals surface area contributed by atoms with Crippen LogP contribution in [0.4, 0.5) is 0 Å². The Kier molecular flexibility index (Phi) is 6.11. The molecule has 0 amide bonds. The summed E-state index contributed by atoms with van der Waals surface area (Å²) in [4.78, 5) is 12.1. The van der Waals surface area contributed by atoms with Crippen LogP contribution in [-0.4, -0.2) is 17.9 Å². The van der Waals surface area contributed by atoms with Crippen molar-refractivity contribution in [2.45, 2.75) is 72.9 Å². The van der Waals surface area contributed by atoms with Gasteiger partial charge in [0, 0.05) is 11.5 Å². The van der Waals surface area contributed by atoms with E-state index in [1.807, 2.05) is 20.8 Å². The fourth-order valence-electron chi connectivity index (χ4n) is 1.62. The zero-order chi connectivity index (χ0) is 12.1. The molecule has 0 saturated carbocycles. The van der Waals surface area contributed by atoms with E-state index in [0.29, 0.717) is 11.8 Å². The van der Waals surface area contributed by atoms with Gasteiger partial charge in [-0.25, -0.2) is 0 Å². The zero-order valence-electron chi connectivity index (χ0n) is 11.2. The SMILES string of the molecule is CCCC[C@@H](NC(C)C)C(=O)C(C)(C)C. The molecule has 0 aliphatic rings. The summed E-state index contributed by atoms with van der Waals surface area (Å²) < 4.78 is 0. The summed E-state index contributed by atoms with van der Waals surface area (Å²) in [6.07, 6.45) is 3.23. The number of hydrogen-bond donors (Lipinski definition) is 1. The van der Waals surface area contributed by atoms with Crippen molar-refractivity contribution in [1.82, 2.24) is 5.32 Å². The van der Waals surface area contributed by atoms with E-state index < -0.39 is 0 Å². The molecule has 0 aromatic heterocycles. The van der Waals surface area contributed by atoms with E-state index in [9.17, 15) is 4.79 Å². The summed E-state index contributed by atoms with van der Waals surface area (Å²) >= 11 is 0. The van der Waals surface area contributed by atoms with Gasteiger partial charge >= 0.3 is 0 Å². The van der Waals surface area contributed by atoms with Crippen LogP contribution >= 0.6 is 0 Å². The van der Waals surface area contributed by atoms with Crippen molar-refractivity contribution in [2.75, 3.05) is 0 Å². The lowest BCUT2D eigenvalue weighted by Gasteiger charge is -2.27. The van der Waals surface area contributed by atoms with Crippen LogP contribution in [0, 0.1) is 5.41 Å². The molecule has 2 heteroatoms. The molecule has 0 saturated heterocycles. The molecule has 15 heavy (non-hydrogen) atoms. The van der Waals surface area contributed by atoms with Gasteiger partial charge in [-0.1, -0.05) is 54.4 Å². The van der Waals surface area contributed by atoms with E-state index in [4.69, 9.17) is 0 Å². The lowest BCUT2D eigenvalue weighted by atomic mass is 9.84. The molecule has 0 bridgehead atoms. The second-order valence-electron chi connectivity index (χ2n) is 5.63. The maximum absolute atomic E-state index is 12.1. The Balaban J connectivity index is 4.41. The number of unbranched alkanes of at least 4 members (excludes halogenated alkanes) is 1. The maximum Gasteiger partial charge on any atom is 0.155 e. The van der Waals surface area contributed by atoms with Gasteiger partial charge in [0.1, 0.15) is 0 Å². The molecule has 2 nitrogen and oxygen atoms in total. The molecule has 0 aromatic rings. The number of carbonyl (C=O) groups is 1. The van der Waals surface area contributed by atoms with Gasteiger partial charge in [0.25, 0.3) is 0 Å². The highest BCUT2D eigenvalue weighted by molar-refractivity contribution is 5.88. The van der Waals surface area contributed by atoms with Crippen LogP contribution in [0.15, 0.2) is 0 Å². The van der Waals surface area contributed by atoms with E-state index in [-0.39, 0.29) is 11.5 Å². The highest BCUT2D eigenvalue weighted by atomic mass is 16.1. The smallest absolute Gasteiger partial charge is 0.155 e. The third-order valence-electron chi connectivity index (χ3n) is 2.44. The lowest BCUT2D eigenvalue weighted by Crippen LogP contribution is -2.45. The molecule has 90 valence electrons. The summed E-state index contributed by atoms with van der Waals surface area (Å²) in [7, 11) is 0. The molecule has 0 rings (SSSR count). The molecule has 0 aliphatic carbocycles. The van der Waals surface area contributed by atoms with Gasteiger partial charge in [0.05, 0.1) is 6.04 Å². The summed E-state index contributed by atoms with van der Waals surface area (Å²) in [6, 6.07) is 0.406. The quantitative estimate of drug-likeness (QED) is 0.734. The monoisotopic (exact) mass is 213 g/mol. The van der Waals surface area contributed by atoms with Crippen LogP contribution in [0.25, 0.3) is 0 Å². The van der Waals surface area contributed by atoms with Crippen molar-refractivity contribution in [3.8, 4) is 0 Å². The largest absolute Gasteiger partial charge is 0.305 e. The average Bonchev–Trinajstić information content (AvgIpc) is 2.09. The van der Waals surface area contributed by atoms with Crippen molar-refractivity contribution < 1.29 is 4.79 Å². The fraction of sp³-hybridized carbons (Fsp3) is 0.923. The summed E-state index contributed by atoms with van der Waals surface area (Å²) in [5, 5.41) is 3.37. The Morgan fingerprint density at radius 2 is 1.80 bits per heavy atom. The summed E-state index contributed by atoms with van der Waals surface area (Å²) in [5.74, 6) is 0.338. The van der Waals surface area contributed by atoms with E-state index >= 15 is 0 Å². The molecule has 1 N–H and O–H groups in total. The topological polar surface area (TPSA) is 29.1 Å². The van der Waals surface area contributed by atoms with Crippen LogP contribution in [-0.2, 0) is 4.79 Å². The van der Waals surface area contributed by atoms with Crippen LogP contribution in [0.2, 0.25) is 0 Å². The van der Waals surface area contributed by atoms with E-state index in [1.165, 1.54) is 0 Å². The first-order chi connectivity index (χ1) is 6.79. The molecular weight excluding hydrogens is 186 g/mol. The average molecular weight is 213 g/mol. The minimum Gasteiger partial charge on any atom is -0.305 e. The third kappa shape index (κ3) is 5.93. The first-order valence-electron chi connectivity index (χ1n) is 6.09. The van der Waals surface area contributed by atoms with E-state index in [2.05, 4.69) is 26.1 Å². The minimum absolute atomic E-state index is 0.0324. The number of nitrogens with one attached hydrogen (secondary N) is 1. The Morgan fingerprint density at radius 1 is 1.27 bits per heavy atom. The molecule has 0 unspecified atom stereocenters. The highest BCUT2D eigenvalue weighted by Crippen LogP contribution is 2.19. The van der Waals surface area contributed by atoms with E-state index in [1.54, 1.807) is 0 Å². The Labute approximate surface area is 94.8 Å². The summed E-state index contributed by atoms with van der Waals surface area (Å²) in [5.41, 5.74) is -0.236. The fourth-order valence-corrected chi connectivity index (χ4v) is 1.62. The highest BCUT2D eigenvalue weighted by Gasteiger charge is 2.29. The molecule has 1 atom stereocenters. The van der Waals surface area contributed by atoms with Gasteiger partial charge in [0.15, 0.2) is 5.78 Å². The first kappa shape index (κ1) is 14.6. The standard InChI is InChI=1S/C13H27NO/c1-7-8-9-11(14-10(2)3)12(15)13(4,5)6/h10-11,14H,7-9H2,1-6H3/t11-/m1/s1. The summed E-state index contributed by atoms with van der Waals surface area (Å²) in [6.45, 7) is 12.3. The van der Waals surface area contributed by atoms with E-state index in [0.717, 1.165) is 19.3 Å². The number of Topliss-reactive ketones (excluding diaryl/α,β-unsaturated/α-hetero) is 1. The van der Waals surface area contributed by atoms with Gasteiger partial charge in [0.2, 0.25) is 0 Å². The number of ketones is 1. The van der Waals surface area contributed by atoms with Gasteiger partial charge in [-0.05, 0) is 6.42 Å². The van der Waals surface area contributed by atoms with Crippen molar-refractivity contribution >= 4 is 5.78 Å². The molecule has 0 aliphatic heterocycles.